The van der Waals surface area contributed by atoms with Crippen LogP contribution in [-0.4, -0.2) is 14.6 Å². The van der Waals surface area contributed by atoms with E-state index in [1.807, 2.05) is 0 Å². The van der Waals surface area contributed by atoms with Crippen LogP contribution in [0, 0.1) is 6.92 Å². The van der Waals surface area contributed by atoms with Gasteiger partial charge in [0.05, 0.1) is 5.56 Å². The van der Waals surface area contributed by atoms with Gasteiger partial charge < -0.3 is 4.42 Å². The summed E-state index contributed by atoms with van der Waals surface area (Å²) in [5, 5.41) is 3.77. The second-order valence-corrected chi connectivity index (χ2v) is 2.16. The number of nitrogens with zero attached hydrogens (tertiary/aromatic N) is 3. The van der Waals surface area contributed by atoms with E-state index in [2.05, 4.69) is 10.1 Å². The molecule has 0 amide bonds. The van der Waals surface area contributed by atoms with Crippen molar-refractivity contribution in [2.45, 2.75) is 6.92 Å². The molecule has 0 aliphatic rings. The summed E-state index contributed by atoms with van der Waals surface area (Å²) in [7, 11) is 0. The van der Waals surface area contributed by atoms with Gasteiger partial charge in [0.15, 0.2) is 0 Å². The van der Waals surface area contributed by atoms with Gasteiger partial charge in [-0.2, -0.15) is 9.50 Å². The third kappa shape index (κ3) is 0.739. The summed E-state index contributed by atoms with van der Waals surface area (Å²) < 4.78 is 6.35. The van der Waals surface area contributed by atoms with Crippen LogP contribution >= 0.6 is 0 Å². The van der Waals surface area contributed by atoms with Crippen LogP contribution in [0.25, 0.3) is 5.71 Å². The summed E-state index contributed by atoms with van der Waals surface area (Å²) >= 11 is 0. The Morgan fingerprint density at radius 2 is 2.45 bits per heavy atom. The minimum atomic E-state index is -0.276. The van der Waals surface area contributed by atoms with Crippen LogP contribution in [0.5, 0.6) is 0 Å². The molecule has 2 aromatic rings. The van der Waals surface area contributed by atoms with Crippen LogP contribution < -0.4 is 5.56 Å². The van der Waals surface area contributed by atoms with E-state index in [1.165, 1.54) is 17.2 Å². The Bertz CT molecular complexity index is 442. The van der Waals surface area contributed by atoms with Gasteiger partial charge in [-0.3, -0.25) is 4.79 Å². The van der Waals surface area contributed by atoms with Crippen molar-refractivity contribution in [1.82, 2.24) is 14.6 Å². The third-order valence-electron chi connectivity index (χ3n) is 1.47. The first-order valence-corrected chi connectivity index (χ1v) is 3.07. The van der Waals surface area contributed by atoms with E-state index >= 15 is 0 Å². The molecule has 0 saturated heterocycles. The fourth-order valence-electron chi connectivity index (χ4n) is 0.869. The van der Waals surface area contributed by atoms with Gasteiger partial charge in [-0.1, -0.05) is 0 Å². The largest absolute Gasteiger partial charge is 0.425 e. The van der Waals surface area contributed by atoms with Crippen LogP contribution in [0.1, 0.15) is 5.56 Å². The molecule has 2 rings (SSSR count). The molecular formula is C6H5N3O2. The summed E-state index contributed by atoms with van der Waals surface area (Å²) in [5.74, 6) is 0. The standard InChI is InChI=1S/C6H5N3O2/c1-4-5(10)7-2-9-6(4)11-3-8-9/h2-3H,1H3. The first-order valence-electron chi connectivity index (χ1n) is 3.07. The molecule has 5 heteroatoms. The molecule has 56 valence electrons. The number of fused-ring (bicyclic) bond motifs is 1. The molecular weight excluding hydrogens is 146 g/mol. The fraction of sp³-hybridized carbons (Fsp3) is 0.167. The van der Waals surface area contributed by atoms with Crippen molar-refractivity contribution < 1.29 is 4.42 Å². The summed E-state index contributed by atoms with van der Waals surface area (Å²) in [6.07, 6.45) is 2.59. The maximum Gasteiger partial charge on any atom is 0.279 e. The molecule has 0 aliphatic heterocycles. The zero-order valence-electron chi connectivity index (χ0n) is 5.81. The van der Waals surface area contributed by atoms with E-state index in [1.54, 1.807) is 6.92 Å². The maximum absolute atomic E-state index is 10.9. The highest BCUT2D eigenvalue weighted by molar-refractivity contribution is 5.39. The van der Waals surface area contributed by atoms with E-state index in [9.17, 15) is 4.79 Å². The molecule has 0 N–H and O–H groups in total. The zero-order valence-corrected chi connectivity index (χ0v) is 5.81. The monoisotopic (exact) mass is 151 g/mol. The Kier molecular flexibility index (Phi) is 1.06. The number of hydrogen-bond acceptors (Lipinski definition) is 4. The Morgan fingerprint density at radius 3 is 3.27 bits per heavy atom. The smallest absolute Gasteiger partial charge is 0.279 e. The van der Waals surface area contributed by atoms with Crippen LogP contribution in [0.4, 0.5) is 0 Å². The van der Waals surface area contributed by atoms with Crippen molar-refractivity contribution >= 4 is 5.71 Å². The van der Waals surface area contributed by atoms with Gasteiger partial charge in [0, 0.05) is 0 Å². The van der Waals surface area contributed by atoms with Crippen molar-refractivity contribution in [2.24, 2.45) is 0 Å². The first kappa shape index (κ1) is 6.09. The lowest BCUT2D eigenvalue weighted by molar-refractivity contribution is 0.596. The molecule has 0 saturated carbocycles. The molecule has 5 nitrogen and oxygen atoms in total. The number of aromatic nitrogens is 3. The SMILES string of the molecule is Cc1c(=O)ncn2ncoc12. The second kappa shape index (κ2) is 1.91. The van der Waals surface area contributed by atoms with E-state index in [-0.39, 0.29) is 5.56 Å². The molecule has 0 atom stereocenters. The molecule has 2 heterocycles. The predicted molar refractivity (Wildman–Crippen MR) is 36.3 cm³/mol. The van der Waals surface area contributed by atoms with Crippen molar-refractivity contribution in [2.75, 3.05) is 0 Å². The first-order chi connectivity index (χ1) is 5.29. The van der Waals surface area contributed by atoms with E-state index in [0.29, 0.717) is 11.3 Å². The van der Waals surface area contributed by atoms with Gasteiger partial charge in [-0.05, 0) is 6.92 Å². The lowest BCUT2D eigenvalue weighted by atomic mass is 10.4. The van der Waals surface area contributed by atoms with Crippen LogP contribution in [-0.2, 0) is 0 Å². The van der Waals surface area contributed by atoms with Crippen LogP contribution in [0.2, 0.25) is 0 Å². The lowest BCUT2D eigenvalue weighted by Crippen LogP contribution is -2.11. The second-order valence-electron chi connectivity index (χ2n) is 2.16. The average molecular weight is 151 g/mol. The Balaban J connectivity index is 3.04. The minimum Gasteiger partial charge on any atom is -0.425 e. The van der Waals surface area contributed by atoms with Crippen LogP contribution in [0.15, 0.2) is 21.9 Å². The van der Waals surface area contributed by atoms with E-state index in [4.69, 9.17) is 4.42 Å². The maximum atomic E-state index is 10.9. The molecule has 0 fully saturated rings. The van der Waals surface area contributed by atoms with E-state index in [0.717, 1.165) is 0 Å². The fourth-order valence-corrected chi connectivity index (χ4v) is 0.869. The Labute approximate surface area is 61.3 Å². The average Bonchev–Trinajstić information content (AvgIpc) is 2.45. The molecule has 0 unspecified atom stereocenters. The summed E-state index contributed by atoms with van der Waals surface area (Å²) in [6, 6.07) is 0. The predicted octanol–water partition coefficient (Wildman–Crippen LogP) is -0.00908. The van der Waals surface area contributed by atoms with Crippen molar-refractivity contribution in [3.05, 3.63) is 28.6 Å². The molecule has 0 spiro atoms. The van der Waals surface area contributed by atoms with Gasteiger partial charge >= 0.3 is 0 Å². The van der Waals surface area contributed by atoms with Gasteiger partial charge in [-0.15, -0.1) is 5.10 Å². The van der Waals surface area contributed by atoms with Gasteiger partial charge in [0.25, 0.3) is 5.56 Å². The molecule has 0 bridgehead atoms. The Morgan fingerprint density at radius 1 is 1.64 bits per heavy atom. The lowest BCUT2D eigenvalue weighted by Gasteiger charge is -1.89. The molecule has 2 aromatic heterocycles. The molecule has 11 heavy (non-hydrogen) atoms. The highest BCUT2D eigenvalue weighted by atomic mass is 16.4. The molecule has 0 aromatic carbocycles. The normalized spacial score (nSPS) is 10.6. The number of aryl methyl sites for hydroxylation is 1. The van der Waals surface area contributed by atoms with Gasteiger partial charge in [0.1, 0.15) is 6.33 Å². The van der Waals surface area contributed by atoms with Gasteiger partial charge in [-0.25, -0.2) is 0 Å². The van der Waals surface area contributed by atoms with E-state index < -0.39 is 0 Å². The summed E-state index contributed by atoms with van der Waals surface area (Å²) in [4.78, 5) is 14.5. The Hall–Kier alpha value is -1.65. The zero-order chi connectivity index (χ0) is 7.84. The molecule has 0 aliphatic carbocycles. The third-order valence-corrected chi connectivity index (χ3v) is 1.47. The summed E-state index contributed by atoms with van der Waals surface area (Å²) in [5.41, 5.74) is 0.650. The number of hydrogen-bond donors (Lipinski definition) is 0. The molecule has 0 radical (unpaired) electrons. The topological polar surface area (TPSA) is 60.4 Å². The van der Waals surface area contributed by atoms with Crippen molar-refractivity contribution in [1.29, 1.82) is 0 Å². The summed E-state index contributed by atoms with van der Waals surface area (Å²) in [6.45, 7) is 1.65. The van der Waals surface area contributed by atoms with Crippen molar-refractivity contribution in [3.63, 3.8) is 0 Å². The quantitative estimate of drug-likeness (QED) is 0.531. The van der Waals surface area contributed by atoms with Crippen LogP contribution in [0.3, 0.4) is 0 Å². The number of rotatable bonds is 0. The highest BCUT2D eigenvalue weighted by Gasteiger charge is 2.03. The van der Waals surface area contributed by atoms with Crippen molar-refractivity contribution in [3.8, 4) is 0 Å². The minimum absolute atomic E-state index is 0.276. The highest BCUT2D eigenvalue weighted by Crippen LogP contribution is 2.00. The van der Waals surface area contributed by atoms with Gasteiger partial charge in [0.2, 0.25) is 12.1 Å².